The fourth-order valence-electron chi connectivity index (χ4n) is 1.96. The third-order valence-electron chi connectivity index (χ3n) is 3.08. The number of rotatable bonds is 7. The third kappa shape index (κ3) is 4.47. The van der Waals surface area contributed by atoms with Crippen LogP contribution in [-0.4, -0.2) is 12.5 Å². The van der Waals surface area contributed by atoms with Crippen LogP contribution in [0.5, 0.6) is 0 Å². The molecule has 0 radical (unpaired) electrons. The lowest BCUT2D eigenvalue weighted by Crippen LogP contribution is -2.17. The molecule has 1 amide bonds. The van der Waals surface area contributed by atoms with Gasteiger partial charge in [0.25, 0.3) is 0 Å². The minimum Gasteiger partial charge on any atom is -0.326 e. The molecule has 2 aromatic rings. The topological polar surface area (TPSA) is 41.1 Å². The van der Waals surface area contributed by atoms with Gasteiger partial charge in [0.2, 0.25) is 5.91 Å². The summed E-state index contributed by atoms with van der Waals surface area (Å²) in [5.74, 6) is 0.0696. The summed E-state index contributed by atoms with van der Waals surface area (Å²) in [6.45, 7) is 3.76. The number of benzene rings is 1. The molecule has 3 nitrogen and oxygen atoms in total. The zero-order chi connectivity index (χ0) is 14.2. The molecule has 0 spiro atoms. The Morgan fingerprint density at radius 1 is 1.25 bits per heavy atom. The number of hydrogen-bond acceptors (Lipinski definition) is 3. The summed E-state index contributed by atoms with van der Waals surface area (Å²) >= 11 is 1.67. The minimum absolute atomic E-state index is 0.0696. The third-order valence-corrected chi connectivity index (χ3v) is 3.81. The van der Waals surface area contributed by atoms with Gasteiger partial charge in [0.1, 0.15) is 0 Å². The average Bonchev–Trinajstić information content (AvgIpc) is 2.97. The molecule has 20 heavy (non-hydrogen) atoms. The zero-order valence-electron chi connectivity index (χ0n) is 11.7. The van der Waals surface area contributed by atoms with Crippen molar-refractivity contribution in [2.75, 3.05) is 11.9 Å². The fraction of sp³-hybridized carbons (Fsp3) is 0.312. The quantitative estimate of drug-likeness (QED) is 0.819. The van der Waals surface area contributed by atoms with Gasteiger partial charge in [0, 0.05) is 18.7 Å². The van der Waals surface area contributed by atoms with Gasteiger partial charge < -0.3 is 10.6 Å². The number of carbonyl (C=O) groups excluding carboxylic acids is 1. The van der Waals surface area contributed by atoms with Crippen molar-refractivity contribution in [2.45, 2.75) is 26.3 Å². The highest BCUT2D eigenvalue weighted by Crippen LogP contribution is 2.16. The molecule has 0 aliphatic rings. The first kappa shape index (κ1) is 14.8. The number of para-hydroxylation sites is 1. The second-order valence-electron chi connectivity index (χ2n) is 4.62. The first-order chi connectivity index (χ1) is 9.79. The van der Waals surface area contributed by atoms with Crippen molar-refractivity contribution in [2.24, 2.45) is 0 Å². The van der Waals surface area contributed by atoms with Gasteiger partial charge in [-0.05, 0) is 47.0 Å². The van der Waals surface area contributed by atoms with E-state index in [-0.39, 0.29) is 5.91 Å². The number of carbonyl (C=O) groups is 1. The molecular formula is C16H20N2OS. The van der Waals surface area contributed by atoms with Crippen LogP contribution in [0, 0.1) is 0 Å². The number of nitrogens with one attached hydrogen (secondary N) is 2. The Labute approximate surface area is 124 Å². The van der Waals surface area contributed by atoms with Crippen molar-refractivity contribution in [1.82, 2.24) is 5.32 Å². The van der Waals surface area contributed by atoms with Crippen molar-refractivity contribution in [3.8, 4) is 0 Å². The van der Waals surface area contributed by atoms with Crippen LogP contribution in [-0.2, 0) is 17.8 Å². The Bertz CT molecular complexity index is 537. The van der Waals surface area contributed by atoms with E-state index in [4.69, 9.17) is 0 Å². The summed E-state index contributed by atoms with van der Waals surface area (Å²) in [5, 5.41) is 10.4. The van der Waals surface area contributed by atoms with Crippen LogP contribution in [0.15, 0.2) is 41.1 Å². The van der Waals surface area contributed by atoms with Crippen molar-refractivity contribution >= 4 is 22.9 Å². The predicted octanol–water partition coefficient (Wildman–Crippen LogP) is 3.43. The van der Waals surface area contributed by atoms with Crippen LogP contribution < -0.4 is 10.6 Å². The molecule has 0 aliphatic heterocycles. The molecule has 0 aliphatic carbocycles. The molecule has 0 unspecified atom stereocenters. The maximum absolute atomic E-state index is 12.0. The normalized spacial score (nSPS) is 10.4. The molecule has 2 N–H and O–H groups in total. The maximum atomic E-state index is 12.0. The molecule has 4 heteroatoms. The first-order valence-corrected chi connectivity index (χ1v) is 7.83. The van der Waals surface area contributed by atoms with Gasteiger partial charge in [0.15, 0.2) is 0 Å². The van der Waals surface area contributed by atoms with Gasteiger partial charge in [-0.2, -0.15) is 11.3 Å². The molecule has 1 heterocycles. The monoisotopic (exact) mass is 288 g/mol. The SMILES string of the molecule is CCNCc1ccccc1NC(=O)CCc1ccsc1. The van der Waals surface area contributed by atoms with E-state index in [1.54, 1.807) is 11.3 Å². The summed E-state index contributed by atoms with van der Waals surface area (Å²) < 4.78 is 0. The number of amides is 1. The molecule has 1 aromatic heterocycles. The predicted molar refractivity (Wildman–Crippen MR) is 85.1 cm³/mol. The molecule has 1 aromatic carbocycles. The van der Waals surface area contributed by atoms with E-state index < -0.39 is 0 Å². The van der Waals surface area contributed by atoms with Gasteiger partial charge in [-0.25, -0.2) is 0 Å². The molecule has 0 saturated carbocycles. The molecular weight excluding hydrogens is 268 g/mol. The van der Waals surface area contributed by atoms with Crippen LogP contribution >= 0.6 is 11.3 Å². The van der Waals surface area contributed by atoms with Gasteiger partial charge in [-0.1, -0.05) is 25.1 Å². The molecule has 106 valence electrons. The Morgan fingerprint density at radius 3 is 2.85 bits per heavy atom. The lowest BCUT2D eigenvalue weighted by molar-refractivity contribution is -0.116. The lowest BCUT2D eigenvalue weighted by atomic mass is 10.1. The maximum Gasteiger partial charge on any atom is 0.224 e. The number of hydrogen-bond donors (Lipinski definition) is 2. The highest BCUT2D eigenvalue weighted by atomic mass is 32.1. The summed E-state index contributed by atoms with van der Waals surface area (Å²) in [5.41, 5.74) is 3.26. The van der Waals surface area contributed by atoms with Crippen LogP contribution in [0.1, 0.15) is 24.5 Å². The van der Waals surface area contributed by atoms with E-state index in [0.29, 0.717) is 6.42 Å². The second kappa shape index (κ2) is 7.82. The average molecular weight is 288 g/mol. The summed E-state index contributed by atoms with van der Waals surface area (Å²) in [6, 6.07) is 10.0. The van der Waals surface area contributed by atoms with E-state index in [2.05, 4.69) is 29.0 Å². The van der Waals surface area contributed by atoms with Crippen molar-refractivity contribution in [3.63, 3.8) is 0 Å². The largest absolute Gasteiger partial charge is 0.326 e. The van der Waals surface area contributed by atoms with Crippen molar-refractivity contribution in [1.29, 1.82) is 0 Å². The highest BCUT2D eigenvalue weighted by molar-refractivity contribution is 7.07. The van der Waals surface area contributed by atoms with Gasteiger partial charge in [0.05, 0.1) is 0 Å². The van der Waals surface area contributed by atoms with E-state index in [0.717, 1.165) is 30.8 Å². The van der Waals surface area contributed by atoms with Gasteiger partial charge in [-0.3, -0.25) is 4.79 Å². The van der Waals surface area contributed by atoms with Crippen LogP contribution in [0.3, 0.4) is 0 Å². The number of anilines is 1. The van der Waals surface area contributed by atoms with Crippen molar-refractivity contribution < 1.29 is 4.79 Å². The van der Waals surface area contributed by atoms with Crippen LogP contribution in [0.25, 0.3) is 0 Å². The Hall–Kier alpha value is -1.65. The van der Waals surface area contributed by atoms with Gasteiger partial charge >= 0.3 is 0 Å². The Kier molecular flexibility index (Phi) is 5.77. The van der Waals surface area contributed by atoms with E-state index in [9.17, 15) is 4.79 Å². The van der Waals surface area contributed by atoms with E-state index >= 15 is 0 Å². The number of aryl methyl sites for hydroxylation is 1. The smallest absolute Gasteiger partial charge is 0.224 e. The molecule has 0 atom stereocenters. The molecule has 2 rings (SSSR count). The second-order valence-corrected chi connectivity index (χ2v) is 5.40. The molecule has 0 saturated heterocycles. The summed E-state index contributed by atoms with van der Waals surface area (Å²) in [7, 11) is 0. The van der Waals surface area contributed by atoms with E-state index in [1.165, 1.54) is 5.56 Å². The lowest BCUT2D eigenvalue weighted by Gasteiger charge is -2.11. The first-order valence-electron chi connectivity index (χ1n) is 6.89. The summed E-state index contributed by atoms with van der Waals surface area (Å²) in [4.78, 5) is 12.0. The highest BCUT2D eigenvalue weighted by Gasteiger charge is 2.06. The van der Waals surface area contributed by atoms with Crippen molar-refractivity contribution in [3.05, 3.63) is 52.2 Å². The number of thiophene rings is 1. The van der Waals surface area contributed by atoms with Crippen LogP contribution in [0.4, 0.5) is 5.69 Å². The minimum atomic E-state index is 0.0696. The Balaban J connectivity index is 1.90. The molecule has 0 bridgehead atoms. The van der Waals surface area contributed by atoms with Gasteiger partial charge in [-0.15, -0.1) is 0 Å². The zero-order valence-corrected chi connectivity index (χ0v) is 12.5. The molecule has 0 fully saturated rings. The Morgan fingerprint density at radius 2 is 2.10 bits per heavy atom. The van der Waals surface area contributed by atoms with Crippen LogP contribution in [0.2, 0.25) is 0 Å². The fourth-order valence-corrected chi connectivity index (χ4v) is 2.66. The van der Waals surface area contributed by atoms with E-state index in [1.807, 2.05) is 29.6 Å². The summed E-state index contributed by atoms with van der Waals surface area (Å²) in [6.07, 6.45) is 1.32. The standard InChI is InChI=1S/C16H20N2OS/c1-2-17-11-14-5-3-4-6-15(14)18-16(19)8-7-13-9-10-20-12-13/h3-6,9-10,12,17H,2,7-8,11H2,1H3,(H,18,19).